The first-order chi connectivity index (χ1) is 13.9. The number of halogens is 2. The van der Waals surface area contributed by atoms with Crippen LogP contribution in [-0.2, 0) is 14.6 Å². The van der Waals surface area contributed by atoms with E-state index < -0.39 is 21.5 Å². The number of nitrogens with one attached hydrogen (secondary N) is 1. The Hall–Kier alpha value is -2.78. The van der Waals surface area contributed by atoms with Crippen molar-refractivity contribution in [3.8, 4) is 11.5 Å². The smallest absolute Gasteiger partial charge is 0.233 e. The Morgan fingerprint density at radius 1 is 1.03 bits per heavy atom. The number of rotatable bonds is 6. The van der Waals surface area contributed by atoms with Crippen molar-refractivity contribution in [3.05, 3.63) is 60.2 Å². The molecule has 1 saturated heterocycles. The van der Waals surface area contributed by atoms with E-state index in [2.05, 4.69) is 10.3 Å². The van der Waals surface area contributed by atoms with Crippen LogP contribution in [0.1, 0.15) is 12.8 Å². The molecule has 6 nitrogen and oxygen atoms in total. The van der Waals surface area contributed by atoms with Crippen LogP contribution in [0.25, 0.3) is 11.5 Å². The van der Waals surface area contributed by atoms with Crippen molar-refractivity contribution in [1.29, 1.82) is 0 Å². The summed E-state index contributed by atoms with van der Waals surface area (Å²) < 4.78 is 63.8. The summed E-state index contributed by atoms with van der Waals surface area (Å²) in [6.45, 7) is 1.01. The highest BCUT2D eigenvalue weighted by Crippen LogP contribution is 2.32. The van der Waals surface area contributed by atoms with Gasteiger partial charge in [-0.05, 0) is 61.4 Å². The van der Waals surface area contributed by atoms with Gasteiger partial charge in [-0.15, -0.1) is 0 Å². The minimum Gasteiger partial charge on any atom is -0.419 e. The van der Waals surface area contributed by atoms with Gasteiger partial charge in [0.25, 0.3) is 0 Å². The predicted molar refractivity (Wildman–Crippen MR) is 101 cm³/mol. The standard InChI is InChI=1S/C20H18F2N2O4S/c21-14-5-3-13(4-6-14)18-24-20(19(28-18)23-12-16-2-1-11-27-16)29(25,26)17-9-7-15(22)8-10-17/h3-10,16,23H,1-2,11-12H2/t16-/m1/s1. The zero-order chi connectivity index (χ0) is 20.4. The van der Waals surface area contributed by atoms with Crippen molar-refractivity contribution >= 4 is 15.7 Å². The molecule has 2 heterocycles. The molecule has 0 unspecified atom stereocenters. The largest absolute Gasteiger partial charge is 0.419 e. The third-order valence-corrected chi connectivity index (χ3v) is 6.26. The molecule has 3 aromatic rings. The number of sulfone groups is 1. The lowest BCUT2D eigenvalue weighted by molar-refractivity contribution is 0.120. The lowest BCUT2D eigenvalue weighted by atomic mass is 10.2. The summed E-state index contributed by atoms with van der Waals surface area (Å²) in [5.74, 6) is -0.992. The highest BCUT2D eigenvalue weighted by Gasteiger charge is 2.29. The fraction of sp³-hybridized carbons (Fsp3) is 0.250. The van der Waals surface area contributed by atoms with Crippen LogP contribution in [0.2, 0.25) is 0 Å². The van der Waals surface area contributed by atoms with E-state index in [-0.39, 0.29) is 27.8 Å². The topological polar surface area (TPSA) is 81.4 Å². The maximum atomic E-state index is 13.2. The molecule has 0 saturated carbocycles. The molecular weight excluding hydrogens is 402 g/mol. The van der Waals surface area contributed by atoms with Gasteiger partial charge in [-0.2, -0.15) is 4.98 Å². The van der Waals surface area contributed by atoms with Gasteiger partial charge in [-0.1, -0.05) is 0 Å². The molecule has 29 heavy (non-hydrogen) atoms. The summed E-state index contributed by atoms with van der Waals surface area (Å²) in [4.78, 5) is 4.04. The monoisotopic (exact) mass is 420 g/mol. The molecule has 0 radical (unpaired) electrons. The quantitative estimate of drug-likeness (QED) is 0.606. The van der Waals surface area contributed by atoms with E-state index in [9.17, 15) is 17.2 Å². The van der Waals surface area contributed by atoms with Crippen LogP contribution in [0, 0.1) is 11.6 Å². The molecule has 0 spiro atoms. The molecule has 0 amide bonds. The van der Waals surface area contributed by atoms with Crippen molar-refractivity contribution < 1.29 is 26.4 Å². The van der Waals surface area contributed by atoms with Gasteiger partial charge in [-0.25, -0.2) is 17.2 Å². The van der Waals surface area contributed by atoms with Gasteiger partial charge in [0.15, 0.2) is 0 Å². The van der Waals surface area contributed by atoms with Gasteiger partial charge in [0.1, 0.15) is 11.6 Å². The van der Waals surface area contributed by atoms with E-state index in [1.54, 1.807) is 0 Å². The van der Waals surface area contributed by atoms with Crippen molar-refractivity contribution in [3.63, 3.8) is 0 Å². The van der Waals surface area contributed by atoms with Gasteiger partial charge >= 0.3 is 0 Å². The van der Waals surface area contributed by atoms with Crippen LogP contribution in [0.3, 0.4) is 0 Å². The number of nitrogens with zero attached hydrogens (tertiary/aromatic N) is 1. The highest BCUT2D eigenvalue weighted by atomic mass is 32.2. The molecular formula is C20H18F2N2O4S. The van der Waals surface area contributed by atoms with Gasteiger partial charge in [0.2, 0.25) is 26.6 Å². The molecule has 1 aromatic heterocycles. The first-order valence-corrected chi connectivity index (χ1v) is 10.5. The second kappa shape index (κ2) is 7.92. The van der Waals surface area contributed by atoms with Crippen molar-refractivity contribution in [2.45, 2.75) is 28.9 Å². The van der Waals surface area contributed by atoms with Gasteiger partial charge < -0.3 is 14.5 Å². The third kappa shape index (κ3) is 4.15. The normalized spacial score (nSPS) is 16.8. The first-order valence-electron chi connectivity index (χ1n) is 9.06. The van der Waals surface area contributed by atoms with Gasteiger partial charge in [0.05, 0.1) is 11.0 Å². The van der Waals surface area contributed by atoms with Crippen molar-refractivity contribution in [2.24, 2.45) is 0 Å². The average molecular weight is 420 g/mol. The van der Waals surface area contributed by atoms with E-state index >= 15 is 0 Å². The molecule has 152 valence electrons. The minimum absolute atomic E-state index is 0.0283. The summed E-state index contributed by atoms with van der Waals surface area (Å²) in [6, 6.07) is 9.81. The van der Waals surface area contributed by atoms with Crippen LogP contribution in [0.4, 0.5) is 14.7 Å². The average Bonchev–Trinajstić information content (AvgIpc) is 3.37. The molecule has 0 bridgehead atoms. The van der Waals surface area contributed by atoms with Crippen molar-refractivity contribution in [2.75, 3.05) is 18.5 Å². The maximum Gasteiger partial charge on any atom is 0.233 e. The fourth-order valence-corrected chi connectivity index (χ4v) is 4.33. The fourth-order valence-electron chi connectivity index (χ4n) is 3.05. The lowest BCUT2D eigenvalue weighted by Crippen LogP contribution is -2.19. The summed E-state index contributed by atoms with van der Waals surface area (Å²) in [7, 11) is -4.08. The second-order valence-corrected chi connectivity index (χ2v) is 8.50. The SMILES string of the molecule is O=S(=O)(c1ccc(F)cc1)c1nc(-c2ccc(F)cc2)oc1NC[C@H]1CCCO1. The number of hydrogen-bond acceptors (Lipinski definition) is 6. The Morgan fingerprint density at radius 2 is 1.69 bits per heavy atom. The summed E-state index contributed by atoms with van der Waals surface area (Å²) >= 11 is 0. The lowest BCUT2D eigenvalue weighted by Gasteiger charge is -2.10. The molecule has 1 fully saturated rings. The zero-order valence-electron chi connectivity index (χ0n) is 15.3. The molecule has 4 rings (SSSR count). The number of ether oxygens (including phenoxy) is 1. The Kier molecular flexibility index (Phi) is 5.33. The van der Waals surface area contributed by atoms with Crippen LogP contribution < -0.4 is 5.32 Å². The number of hydrogen-bond donors (Lipinski definition) is 1. The van der Waals surface area contributed by atoms with E-state index in [1.807, 2.05) is 0 Å². The summed E-state index contributed by atoms with van der Waals surface area (Å²) in [5, 5.41) is 2.64. The first kappa shape index (κ1) is 19.5. The molecule has 0 aliphatic carbocycles. The van der Waals surface area contributed by atoms with Gasteiger partial charge in [-0.3, -0.25) is 0 Å². The van der Waals surface area contributed by atoms with Gasteiger partial charge in [0, 0.05) is 18.7 Å². The number of benzene rings is 2. The predicted octanol–water partition coefficient (Wildman–Crippen LogP) is 4.04. The van der Waals surface area contributed by atoms with E-state index in [4.69, 9.17) is 9.15 Å². The molecule has 1 aliphatic rings. The summed E-state index contributed by atoms with van der Waals surface area (Å²) in [6.07, 6.45) is 1.73. The zero-order valence-corrected chi connectivity index (χ0v) is 16.1. The second-order valence-electron chi connectivity index (χ2n) is 6.63. The van der Waals surface area contributed by atoms with E-state index in [0.717, 1.165) is 25.0 Å². The Balaban J connectivity index is 1.73. The minimum atomic E-state index is -4.08. The van der Waals surface area contributed by atoms with E-state index in [0.29, 0.717) is 18.7 Å². The molecule has 9 heteroatoms. The van der Waals surface area contributed by atoms with Crippen LogP contribution in [-0.4, -0.2) is 32.7 Å². The molecule has 1 atom stereocenters. The third-order valence-electron chi connectivity index (χ3n) is 4.58. The van der Waals surface area contributed by atoms with E-state index in [1.165, 1.54) is 36.4 Å². The number of aromatic nitrogens is 1. The number of anilines is 1. The maximum absolute atomic E-state index is 13.2. The molecule has 2 aromatic carbocycles. The summed E-state index contributed by atoms with van der Waals surface area (Å²) in [5.41, 5.74) is 0.423. The number of oxazole rings is 1. The Bertz CT molecular complexity index is 1090. The highest BCUT2D eigenvalue weighted by molar-refractivity contribution is 7.91. The Morgan fingerprint density at radius 3 is 2.31 bits per heavy atom. The van der Waals surface area contributed by atoms with Crippen LogP contribution in [0.5, 0.6) is 0 Å². The molecule has 1 N–H and O–H groups in total. The Labute approximate surface area is 166 Å². The van der Waals surface area contributed by atoms with Crippen LogP contribution in [0.15, 0.2) is 62.9 Å². The van der Waals surface area contributed by atoms with Crippen LogP contribution >= 0.6 is 0 Å². The molecule has 1 aliphatic heterocycles. The van der Waals surface area contributed by atoms with Crippen molar-refractivity contribution in [1.82, 2.24) is 4.98 Å².